The second kappa shape index (κ2) is 5.13. The van der Waals surface area contributed by atoms with E-state index in [1.807, 2.05) is 25.1 Å². The van der Waals surface area contributed by atoms with E-state index in [1.165, 1.54) is 16.7 Å². The van der Waals surface area contributed by atoms with E-state index in [0.29, 0.717) is 6.61 Å². The van der Waals surface area contributed by atoms with Crippen molar-refractivity contribution in [3.05, 3.63) is 58.7 Å². The van der Waals surface area contributed by atoms with Gasteiger partial charge in [-0.1, -0.05) is 29.8 Å². The van der Waals surface area contributed by atoms with E-state index in [2.05, 4.69) is 32.0 Å². The van der Waals surface area contributed by atoms with Gasteiger partial charge >= 0.3 is 0 Å². The molecule has 2 rings (SSSR count). The molecule has 0 heterocycles. The van der Waals surface area contributed by atoms with Gasteiger partial charge in [0.1, 0.15) is 12.4 Å². The standard InChI is InChI=1S/C16H19NO/c1-11-7-8-12(2)14(9-11)10-18-16-6-4-5-15(17)13(16)3/h4-9H,10,17H2,1-3H3. The van der Waals surface area contributed by atoms with E-state index in [4.69, 9.17) is 10.5 Å². The Kier molecular flexibility index (Phi) is 3.56. The van der Waals surface area contributed by atoms with Crippen LogP contribution in [0.2, 0.25) is 0 Å². The van der Waals surface area contributed by atoms with Crippen molar-refractivity contribution in [3.8, 4) is 5.75 Å². The number of nitrogens with two attached hydrogens (primary N) is 1. The van der Waals surface area contributed by atoms with E-state index in [0.717, 1.165) is 17.0 Å². The topological polar surface area (TPSA) is 35.2 Å². The molecule has 0 bridgehead atoms. The molecule has 0 aliphatic heterocycles. The first-order valence-corrected chi connectivity index (χ1v) is 6.12. The number of benzene rings is 2. The number of anilines is 1. The van der Waals surface area contributed by atoms with Gasteiger partial charge in [-0.25, -0.2) is 0 Å². The number of rotatable bonds is 3. The summed E-state index contributed by atoms with van der Waals surface area (Å²) < 4.78 is 5.86. The normalized spacial score (nSPS) is 10.4. The van der Waals surface area contributed by atoms with Gasteiger partial charge in [0.25, 0.3) is 0 Å². The molecule has 0 aliphatic rings. The predicted molar refractivity (Wildman–Crippen MR) is 75.8 cm³/mol. The van der Waals surface area contributed by atoms with E-state index >= 15 is 0 Å². The summed E-state index contributed by atoms with van der Waals surface area (Å²) >= 11 is 0. The lowest BCUT2D eigenvalue weighted by Gasteiger charge is -2.12. The van der Waals surface area contributed by atoms with Crippen LogP contribution in [0.25, 0.3) is 0 Å². The van der Waals surface area contributed by atoms with Gasteiger partial charge in [0.05, 0.1) is 0 Å². The van der Waals surface area contributed by atoms with Crippen LogP contribution in [0.3, 0.4) is 0 Å². The predicted octanol–water partition coefficient (Wildman–Crippen LogP) is 3.77. The first-order chi connectivity index (χ1) is 8.58. The Balaban J connectivity index is 2.16. The van der Waals surface area contributed by atoms with Crippen molar-refractivity contribution in [1.82, 2.24) is 0 Å². The smallest absolute Gasteiger partial charge is 0.124 e. The summed E-state index contributed by atoms with van der Waals surface area (Å²) in [6, 6.07) is 12.2. The molecule has 2 aromatic carbocycles. The van der Waals surface area contributed by atoms with Crippen LogP contribution in [-0.2, 0) is 6.61 Å². The van der Waals surface area contributed by atoms with Crippen molar-refractivity contribution in [2.24, 2.45) is 0 Å². The van der Waals surface area contributed by atoms with Crippen LogP contribution in [0.15, 0.2) is 36.4 Å². The first kappa shape index (κ1) is 12.5. The molecule has 0 atom stereocenters. The zero-order chi connectivity index (χ0) is 13.1. The monoisotopic (exact) mass is 241 g/mol. The third-order valence-electron chi connectivity index (χ3n) is 3.21. The largest absolute Gasteiger partial charge is 0.489 e. The molecule has 18 heavy (non-hydrogen) atoms. The minimum Gasteiger partial charge on any atom is -0.489 e. The van der Waals surface area contributed by atoms with E-state index < -0.39 is 0 Å². The molecule has 2 N–H and O–H groups in total. The van der Waals surface area contributed by atoms with Crippen molar-refractivity contribution in [3.63, 3.8) is 0 Å². The molecule has 0 unspecified atom stereocenters. The fourth-order valence-corrected chi connectivity index (χ4v) is 1.90. The van der Waals surface area contributed by atoms with Crippen LogP contribution in [0.1, 0.15) is 22.3 Å². The Hall–Kier alpha value is -1.96. The Morgan fingerprint density at radius 1 is 1.06 bits per heavy atom. The lowest BCUT2D eigenvalue weighted by molar-refractivity contribution is 0.303. The number of aryl methyl sites for hydroxylation is 2. The summed E-state index contributed by atoms with van der Waals surface area (Å²) in [4.78, 5) is 0. The van der Waals surface area contributed by atoms with Gasteiger partial charge in [0.15, 0.2) is 0 Å². The molecule has 0 saturated carbocycles. The molecule has 0 radical (unpaired) electrons. The van der Waals surface area contributed by atoms with Crippen LogP contribution < -0.4 is 10.5 Å². The highest BCUT2D eigenvalue weighted by atomic mass is 16.5. The van der Waals surface area contributed by atoms with Gasteiger partial charge in [-0.3, -0.25) is 0 Å². The summed E-state index contributed by atoms with van der Waals surface area (Å²) in [6.45, 7) is 6.75. The molecule has 2 nitrogen and oxygen atoms in total. The van der Waals surface area contributed by atoms with E-state index in [1.54, 1.807) is 0 Å². The SMILES string of the molecule is Cc1ccc(C)c(COc2cccc(N)c2C)c1. The molecule has 2 heteroatoms. The quantitative estimate of drug-likeness (QED) is 0.830. The second-order valence-electron chi connectivity index (χ2n) is 4.69. The van der Waals surface area contributed by atoms with E-state index in [9.17, 15) is 0 Å². The van der Waals surface area contributed by atoms with Crippen molar-refractivity contribution in [2.45, 2.75) is 27.4 Å². The maximum atomic E-state index is 5.86. The summed E-state index contributed by atoms with van der Waals surface area (Å²) in [6.07, 6.45) is 0. The average molecular weight is 241 g/mol. The fraction of sp³-hybridized carbons (Fsp3) is 0.250. The summed E-state index contributed by atoms with van der Waals surface area (Å²) in [7, 11) is 0. The van der Waals surface area contributed by atoms with Gasteiger partial charge in [0.2, 0.25) is 0 Å². The highest BCUT2D eigenvalue weighted by Gasteiger charge is 2.04. The van der Waals surface area contributed by atoms with Gasteiger partial charge in [0, 0.05) is 11.3 Å². The molecule has 0 amide bonds. The minimum absolute atomic E-state index is 0.581. The average Bonchev–Trinajstić information content (AvgIpc) is 2.35. The lowest BCUT2D eigenvalue weighted by Crippen LogP contribution is -2.01. The molecule has 0 aromatic heterocycles. The zero-order valence-electron chi connectivity index (χ0n) is 11.2. The van der Waals surface area contributed by atoms with Crippen LogP contribution >= 0.6 is 0 Å². The molecule has 0 fully saturated rings. The molecule has 0 aliphatic carbocycles. The number of hydrogen-bond donors (Lipinski definition) is 1. The van der Waals surface area contributed by atoms with E-state index in [-0.39, 0.29) is 0 Å². The Labute approximate surface area is 108 Å². The molecular formula is C16H19NO. The van der Waals surface area contributed by atoms with Gasteiger partial charge in [-0.2, -0.15) is 0 Å². The zero-order valence-corrected chi connectivity index (χ0v) is 11.2. The third-order valence-corrected chi connectivity index (χ3v) is 3.21. The van der Waals surface area contributed by atoms with Crippen LogP contribution in [0.5, 0.6) is 5.75 Å². The number of hydrogen-bond acceptors (Lipinski definition) is 2. The Bertz CT molecular complexity index is 559. The second-order valence-corrected chi connectivity index (χ2v) is 4.69. The summed E-state index contributed by atoms with van der Waals surface area (Å²) in [5.41, 5.74) is 11.4. The lowest BCUT2D eigenvalue weighted by atomic mass is 10.1. The highest BCUT2D eigenvalue weighted by Crippen LogP contribution is 2.24. The van der Waals surface area contributed by atoms with Crippen molar-refractivity contribution >= 4 is 5.69 Å². The fourth-order valence-electron chi connectivity index (χ4n) is 1.90. The maximum Gasteiger partial charge on any atom is 0.124 e. The highest BCUT2D eigenvalue weighted by molar-refractivity contribution is 5.53. The van der Waals surface area contributed by atoms with Crippen LogP contribution in [0, 0.1) is 20.8 Å². The Morgan fingerprint density at radius 3 is 2.61 bits per heavy atom. The van der Waals surface area contributed by atoms with Gasteiger partial charge in [-0.15, -0.1) is 0 Å². The van der Waals surface area contributed by atoms with Gasteiger partial charge in [-0.05, 0) is 44.0 Å². The third kappa shape index (κ3) is 2.65. The molecule has 2 aromatic rings. The molecule has 0 saturated heterocycles. The van der Waals surface area contributed by atoms with Crippen molar-refractivity contribution < 1.29 is 4.74 Å². The van der Waals surface area contributed by atoms with Crippen LogP contribution in [-0.4, -0.2) is 0 Å². The van der Waals surface area contributed by atoms with Gasteiger partial charge < -0.3 is 10.5 Å². The molecule has 0 spiro atoms. The van der Waals surface area contributed by atoms with Crippen molar-refractivity contribution in [1.29, 1.82) is 0 Å². The number of nitrogen functional groups attached to an aromatic ring is 1. The minimum atomic E-state index is 0.581. The Morgan fingerprint density at radius 2 is 1.83 bits per heavy atom. The number of ether oxygens (including phenoxy) is 1. The summed E-state index contributed by atoms with van der Waals surface area (Å²) in [5.74, 6) is 0.857. The van der Waals surface area contributed by atoms with Crippen molar-refractivity contribution in [2.75, 3.05) is 5.73 Å². The first-order valence-electron chi connectivity index (χ1n) is 6.12. The molecule has 94 valence electrons. The van der Waals surface area contributed by atoms with Crippen LogP contribution in [0.4, 0.5) is 5.69 Å². The summed E-state index contributed by atoms with van der Waals surface area (Å²) in [5, 5.41) is 0. The molecular weight excluding hydrogens is 222 g/mol. The maximum absolute atomic E-state index is 5.86.